The number of aliphatic imine (C=N–C) groups is 1. The van der Waals surface area contributed by atoms with Gasteiger partial charge in [-0.1, -0.05) is 32.0 Å². The molecule has 142 valence electrons. The molecule has 1 aromatic heterocycles. The maximum Gasteiger partial charge on any atom is 0.218 e. The van der Waals surface area contributed by atoms with Crippen LogP contribution in [0.1, 0.15) is 30.9 Å². The Bertz CT molecular complexity index is 707. The third kappa shape index (κ3) is 7.17. The highest BCUT2D eigenvalue weighted by Crippen LogP contribution is 2.19. The molecule has 26 heavy (non-hydrogen) atoms. The molecule has 6 nitrogen and oxygen atoms in total. The third-order valence-electron chi connectivity index (χ3n) is 3.62. The number of hydrogen-bond acceptors (Lipinski definition) is 4. The standard InChI is InChI=1S/C19H26N4O2.HI/c1-14(2)15-6-4-8-17(12-15)23-19(20)22-13-16-7-5-9-21-18(16)25-11-10-24-3;/h4-9,12,14H,10-11,13H2,1-3H3,(H3,20,22,23);1H. The fourth-order valence-corrected chi connectivity index (χ4v) is 2.23. The summed E-state index contributed by atoms with van der Waals surface area (Å²) in [5.74, 6) is 1.37. The van der Waals surface area contributed by atoms with Gasteiger partial charge in [0, 0.05) is 24.6 Å². The summed E-state index contributed by atoms with van der Waals surface area (Å²) in [6.07, 6.45) is 1.69. The van der Waals surface area contributed by atoms with Crippen molar-refractivity contribution >= 4 is 35.6 Å². The van der Waals surface area contributed by atoms with Gasteiger partial charge >= 0.3 is 0 Å². The molecule has 0 spiro atoms. The van der Waals surface area contributed by atoms with Gasteiger partial charge in [-0.3, -0.25) is 0 Å². The second kappa shape index (κ2) is 11.7. The summed E-state index contributed by atoms with van der Waals surface area (Å²) >= 11 is 0. The van der Waals surface area contributed by atoms with Crippen molar-refractivity contribution in [2.75, 3.05) is 25.6 Å². The molecule has 0 aliphatic heterocycles. The van der Waals surface area contributed by atoms with Crippen LogP contribution in [-0.4, -0.2) is 31.3 Å². The van der Waals surface area contributed by atoms with Crippen molar-refractivity contribution in [2.24, 2.45) is 10.7 Å². The van der Waals surface area contributed by atoms with E-state index in [0.717, 1.165) is 11.3 Å². The van der Waals surface area contributed by atoms with E-state index in [1.165, 1.54) is 5.56 Å². The Labute approximate surface area is 172 Å². The first-order chi connectivity index (χ1) is 12.1. The maximum absolute atomic E-state index is 6.01. The first-order valence-electron chi connectivity index (χ1n) is 8.32. The van der Waals surface area contributed by atoms with E-state index in [1.807, 2.05) is 24.3 Å². The van der Waals surface area contributed by atoms with E-state index in [4.69, 9.17) is 15.2 Å². The van der Waals surface area contributed by atoms with E-state index in [1.54, 1.807) is 13.3 Å². The summed E-state index contributed by atoms with van der Waals surface area (Å²) in [5.41, 5.74) is 9.06. The molecular formula is C19H27IN4O2. The number of benzene rings is 1. The lowest BCUT2D eigenvalue weighted by Gasteiger charge is -2.11. The van der Waals surface area contributed by atoms with E-state index in [9.17, 15) is 0 Å². The Balaban J connectivity index is 0.00000338. The molecule has 0 saturated heterocycles. The lowest BCUT2D eigenvalue weighted by molar-refractivity contribution is 0.143. The zero-order valence-electron chi connectivity index (χ0n) is 15.4. The highest BCUT2D eigenvalue weighted by Gasteiger charge is 2.05. The predicted octanol–water partition coefficient (Wildman–Crippen LogP) is 3.78. The van der Waals surface area contributed by atoms with Gasteiger partial charge in [-0.05, 0) is 29.7 Å². The highest BCUT2D eigenvalue weighted by atomic mass is 127. The lowest BCUT2D eigenvalue weighted by atomic mass is 10.0. The molecule has 0 bridgehead atoms. The average molecular weight is 470 g/mol. The number of anilines is 1. The van der Waals surface area contributed by atoms with Crippen molar-refractivity contribution in [2.45, 2.75) is 26.3 Å². The normalized spacial score (nSPS) is 11.2. The summed E-state index contributed by atoms with van der Waals surface area (Å²) in [4.78, 5) is 8.62. The van der Waals surface area contributed by atoms with Crippen LogP contribution in [0.2, 0.25) is 0 Å². The number of ether oxygens (including phenoxy) is 2. The molecule has 1 aromatic carbocycles. The Morgan fingerprint density at radius 2 is 2.04 bits per heavy atom. The lowest BCUT2D eigenvalue weighted by Crippen LogP contribution is -2.22. The van der Waals surface area contributed by atoms with Crippen molar-refractivity contribution in [1.82, 2.24) is 4.98 Å². The number of methoxy groups -OCH3 is 1. The second-order valence-corrected chi connectivity index (χ2v) is 5.92. The number of halogens is 1. The van der Waals surface area contributed by atoms with Crippen LogP contribution in [0.25, 0.3) is 0 Å². The molecule has 1 heterocycles. The van der Waals surface area contributed by atoms with Crippen LogP contribution in [0.4, 0.5) is 5.69 Å². The van der Waals surface area contributed by atoms with Gasteiger partial charge in [-0.15, -0.1) is 24.0 Å². The van der Waals surface area contributed by atoms with Crippen molar-refractivity contribution in [3.05, 3.63) is 53.7 Å². The van der Waals surface area contributed by atoms with Crippen LogP contribution in [-0.2, 0) is 11.3 Å². The molecule has 2 aromatic rings. The largest absolute Gasteiger partial charge is 0.475 e. The monoisotopic (exact) mass is 470 g/mol. The number of nitrogens with one attached hydrogen (secondary N) is 1. The van der Waals surface area contributed by atoms with E-state index in [0.29, 0.717) is 37.5 Å². The second-order valence-electron chi connectivity index (χ2n) is 5.92. The number of nitrogens with two attached hydrogens (primary N) is 1. The van der Waals surface area contributed by atoms with Gasteiger partial charge in [-0.2, -0.15) is 0 Å². The van der Waals surface area contributed by atoms with Gasteiger partial charge in [-0.25, -0.2) is 9.98 Å². The van der Waals surface area contributed by atoms with Crippen molar-refractivity contribution in [3.63, 3.8) is 0 Å². The van der Waals surface area contributed by atoms with Crippen LogP contribution < -0.4 is 15.8 Å². The number of pyridine rings is 1. The maximum atomic E-state index is 6.01. The molecule has 7 heteroatoms. The van der Waals surface area contributed by atoms with E-state index < -0.39 is 0 Å². The van der Waals surface area contributed by atoms with Crippen molar-refractivity contribution < 1.29 is 9.47 Å². The Morgan fingerprint density at radius 3 is 2.77 bits per heavy atom. The van der Waals surface area contributed by atoms with Gasteiger partial charge in [0.05, 0.1) is 13.2 Å². The zero-order valence-corrected chi connectivity index (χ0v) is 17.8. The van der Waals surface area contributed by atoms with E-state index in [2.05, 4.69) is 41.3 Å². The van der Waals surface area contributed by atoms with Crippen LogP contribution in [0, 0.1) is 0 Å². The molecule has 0 radical (unpaired) electrons. The van der Waals surface area contributed by atoms with Crippen LogP contribution in [0.3, 0.4) is 0 Å². The molecular weight excluding hydrogens is 443 g/mol. The van der Waals surface area contributed by atoms with Gasteiger partial charge < -0.3 is 20.5 Å². The average Bonchev–Trinajstić information content (AvgIpc) is 2.61. The van der Waals surface area contributed by atoms with Gasteiger partial charge in [0.25, 0.3) is 0 Å². The third-order valence-corrected chi connectivity index (χ3v) is 3.62. The highest BCUT2D eigenvalue weighted by molar-refractivity contribution is 14.0. The number of rotatable bonds is 8. The Morgan fingerprint density at radius 1 is 1.23 bits per heavy atom. The Hall–Kier alpha value is -1.87. The number of hydrogen-bond donors (Lipinski definition) is 2. The summed E-state index contributed by atoms with van der Waals surface area (Å²) in [6, 6.07) is 11.9. The van der Waals surface area contributed by atoms with Crippen molar-refractivity contribution in [3.8, 4) is 5.88 Å². The first kappa shape index (κ1) is 22.2. The fourth-order valence-electron chi connectivity index (χ4n) is 2.23. The molecule has 0 amide bonds. The number of guanidine groups is 1. The SMILES string of the molecule is COCCOc1ncccc1CN=C(N)Nc1cccc(C(C)C)c1.I. The predicted molar refractivity (Wildman–Crippen MR) is 117 cm³/mol. The van der Waals surface area contributed by atoms with Crippen molar-refractivity contribution in [1.29, 1.82) is 0 Å². The zero-order chi connectivity index (χ0) is 18.1. The Kier molecular flexibility index (Phi) is 9.97. The quantitative estimate of drug-likeness (QED) is 0.266. The topological polar surface area (TPSA) is 81.8 Å². The van der Waals surface area contributed by atoms with E-state index in [-0.39, 0.29) is 24.0 Å². The summed E-state index contributed by atoms with van der Waals surface area (Å²) < 4.78 is 10.6. The molecule has 0 atom stereocenters. The van der Waals surface area contributed by atoms with Gasteiger partial charge in [0.2, 0.25) is 5.88 Å². The minimum absolute atomic E-state index is 0. The van der Waals surface area contributed by atoms with Gasteiger partial charge in [0.1, 0.15) is 6.61 Å². The summed E-state index contributed by atoms with van der Waals surface area (Å²) in [6.45, 7) is 5.65. The molecule has 0 fully saturated rings. The number of nitrogens with zero attached hydrogens (tertiary/aromatic N) is 2. The molecule has 0 aliphatic rings. The molecule has 0 aliphatic carbocycles. The smallest absolute Gasteiger partial charge is 0.218 e. The minimum Gasteiger partial charge on any atom is -0.475 e. The molecule has 0 unspecified atom stereocenters. The van der Waals surface area contributed by atoms with Crippen LogP contribution in [0.5, 0.6) is 5.88 Å². The fraction of sp³-hybridized carbons (Fsp3) is 0.368. The summed E-state index contributed by atoms with van der Waals surface area (Å²) in [5, 5.41) is 3.13. The molecule has 3 N–H and O–H groups in total. The number of aromatic nitrogens is 1. The van der Waals surface area contributed by atoms with E-state index >= 15 is 0 Å². The minimum atomic E-state index is 0. The molecule has 2 rings (SSSR count). The van der Waals surface area contributed by atoms with Crippen LogP contribution >= 0.6 is 24.0 Å². The molecule has 0 saturated carbocycles. The van der Waals surface area contributed by atoms with Crippen LogP contribution in [0.15, 0.2) is 47.6 Å². The first-order valence-corrected chi connectivity index (χ1v) is 8.32. The van der Waals surface area contributed by atoms with Gasteiger partial charge in [0.15, 0.2) is 5.96 Å². The summed E-state index contributed by atoms with van der Waals surface area (Å²) in [7, 11) is 1.63.